The fourth-order valence-corrected chi connectivity index (χ4v) is 3.71. The monoisotopic (exact) mass is 431 g/mol. The first kappa shape index (κ1) is 18.3. The number of oxazole rings is 1. The summed E-state index contributed by atoms with van der Waals surface area (Å²) in [6, 6.07) is 20.2. The van der Waals surface area contributed by atoms with Crippen molar-refractivity contribution >= 4 is 62.8 Å². The van der Waals surface area contributed by atoms with Gasteiger partial charge in [-0.15, -0.1) is 0 Å². The number of thiocarbonyl (C=S) groups is 1. The minimum Gasteiger partial charge on any atom is -0.436 e. The Labute approximate surface area is 180 Å². The Morgan fingerprint density at radius 1 is 0.933 bits per heavy atom. The summed E-state index contributed by atoms with van der Waals surface area (Å²) in [6.45, 7) is 0. The van der Waals surface area contributed by atoms with E-state index in [1.54, 1.807) is 18.2 Å². The van der Waals surface area contributed by atoms with Gasteiger partial charge < -0.3 is 9.73 Å². The van der Waals surface area contributed by atoms with Gasteiger partial charge >= 0.3 is 0 Å². The Bertz CT molecular complexity index is 1380. The van der Waals surface area contributed by atoms with Gasteiger partial charge in [-0.1, -0.05) is 18.2 Å². The highest BCUT2D eigenvalue weighted by molar-refractivity contribution is 7.80. The van der Waals surface area contributed by atoms with Crippen molar-refractivity contribution in [2.45, 2.75) is 0 Å². The number of para-hydroxylation sites is 2. The Hall–Kier alpha value is -3.69. The highest BCUT2D eigenvalue weighted by atomic mass is 32.1. The largest absolute Gasteiger partial charge is 0.436 e. The van der Waals surface area contributed by atoms with Crippen molar-refractivity contribution in [3.63, 3.8) is 0 Å². The SMILES string of the molecule is O=C(NC(=S)Nc1cccc(-c2nc3ccccc3o2)c1)c1ccc2nsnc2c1. The molecule has 0 atom stereocenters. The Morgan fingerprint density at radius 2 is 1.80 bits per heavy atom. The summed E-state index contributed by atoms with van der Waals surface area (Å²) in [6.07, 6.45) is 0. The molecule has 2 aromatic heterocycles. The predicted molar refractivity (Wildman–Crippen MR) is 121 cm³/mol. The van der Waals surface area contributed by atoms with E-state index in [1.807, 2.05) is 48.5 Å². The highest BCUT2D eigenvalue weighted by Crippen LogP contribution is 2.26. The fourth-order valence-electron chi connectivity index (χ4n) is 2.99. The molecule has 0 radical (unpaired) electrons. The minimum absolute atomic E-state index is 0.186. The summed E-state index contributed by atoms with van der Waals surface area (Å²) in [4.78, 5) is 17.0. The predicted octanol–water partition coefficient (Wildman–Crippen LogP) is 4.63. The number of fused-ring (bicyclic) bond motifs is 2. The number of carbonyl (C=O) groups excluding carboxylic acids is 1. The number of benzene rings is 3. The fraction of sp³-hybridized carbons (Fsp3) is 0. The Morgan fingerprint density at radius 3 is 2.70 bits per heavy atom. The standard InChI is InChI=1S/C21H13N5O2S2/c27-19(12-8-9-15-17(11-12)26-30-25-15)24-21(29)22-14-5-3-4-13(10-14)20-23-16-6-1-2-7-18(16)28-20/h1-11H,(H2,22,24,27,29). The zero-order valence-electron chi connectivity index (χ0n) is 15.3. The van der Waals surface area contributed by atoms with E-state index in [0.29, 0.717) is 22.7 Å². The first-order valence-corrected chi connectivity index (χ1v) is 10.1. The van der Waals surface area contributed by atoms with Crippen LogP contribution in [0, 0.1) is 0 Å². The number of aromatic nitrogens is 3. The molecular formula is C21H13N5O2S2. The van der Waals surface area contributed by atoms with Crippen LogP contribution >= 0.6 is 23.9 Å². The van der Waals surface area contributed by atoms with Gasteiger partial charge in [0, 0.05) is 16.8 Å². The quantitative estimate of drug-likeness (QED) is 0.403. The molecule has 2 N–H and O–H groups in total. The first-order chi connectivity index (χ1) is 14.7. The van der Waals surface area contributed by atoms with E-state index in [9.17, 15) is 4.79 Å². The van der Waals surface area contributed by atoms with Crippen LogP contribution in [0.4, 0.5) is 5.69 Å². The van der Waals surface area contributed by atoms with Gasteiger partial charge in [-0.2, -0.15) is 8.75 Å². The van der Waals surface area contributed by atoms with Gasteiger partial charge in [0.05, 0.1) is 11.7 Å². The average molecular weight is 432 g/mol. The van der Waals surface area contributed by atoms with Gasteiger partial charge in [0.1, 0.15) is 16.6 Å². The van der Waals surface area contributed by atoms with Crippen LogP contribution in [0.2, 0.25) is 0 Å². The van der Waals surface area contributed by atoms with Crippen molar-refractivity contribution in [3.8, 4) is 11.5 Å². The van der Waals surface area contributed by atoms with E-state index in [-0.39, 0.29) is 11.0 Å². The van der Waals surface area contributed by atoms with Gasteiger partial charge in [0.25, 0.3) is 5.91 Å². The number of anilines is 1. The summed E-state index contributed by atoms with van der Waals surface area (Å²) >= 11 is 6.40. The van der Waals surface area contributed by atoms with Crippen LogP contribution in [-0.4, -0.2) is 24.8 Å². The highest BCUT2D eigenvalue weighted by Gasteiger charge is 2.12. The number of amides is 1. The number of hydrogen-bond donors (Lipinski definition) is 2. The molecule has 0 bridgehead atoms. The zero-order chi connectivity index (χ0) is 20.5. The topological polar surface area (TPSA) is 92.9 Å². The smallest absolute Gasteiger partial charge is 0.257 e. The maximum Gasteiger partial charge on any atom is 0.257 e. The third-order valence-corrected chi connectivity index (χ3v) is 5.17. The van der Waals surface area contributed by atoms with Crippen LogP contribution < -0.4 is 10.6 Å². The van der Waals surface area contributed by atoms with Crippen molar-refractivity contribution in [3.05, 3.63) is 72.3 Å². The number of rotatable bonds is 3. The van der Waals surface area contributed by atoms with Crippen molar-refractivity contribution in [1.29, 1.82) is 0 Å². The molecule has 1 amide bonds. The molecule has 3 aromatic carbocycles. The van der Waals surface area contributed by atoms with Crippen molar-refractivity contribution < 1.29 is 9.21 Å². The lowest BCUT2D eigenvalue weighted by Gasteiger charge is -2.10. The molecule has 0 spiro atoms. The first-order valence-electron chi connectivity index (χ1n) is 8.96. The summed E-state index contributed by atoms with van der Waals surface area (Å²) in [5.41, 5.74) is 4.92. The summed E-state index contributed by atoms with van der Waals surface area (Å²) in [5, 5.41) is 5.89. The van der Waals surface area contributed by atoms with Crippen molar-refractivity contribution in [2.24, 2.45) is 0 Å². The van der Waals surface area contributed by atoms with Crippen LogP contribution in [0.5, 0.6) is 0 Å². The van der Waals surface area contributed by atoms with Crippen LogP contribution in [-0.2, 0) is 0 Å². The van der Waals surface area contributed by atoms with E-state index >= 15 is 0 Å². The minimum atomic E-state index is -0.322. The lowest BCUT2D eigenvalue weighted by Crippen LogP contribution is -2.34. The summed E-state index contributed by atoms with van der Waals surface area (Å²) < 4.78 is 14.1. The van der Waals surface area contributed by atoms with Gasteiger partial charge in [0.2, 0.25) is 5.89 Å². The summed E-state index contributed by atoms with van der Waals surface area (Å²) in [7, 11) is 0. The number of nitrogens with zero attached hydrogens (tertiary/aromatic N) is 3. The lowest BCUT2D eigenvalue weighted by molar-refractivity contribution is 0.0978. The molecule has 0 fully saturated rings. The van der Waals surface area contributed by atoms with Crippen molar-refractivity contribution in [2.75, 3.05) is 5.32 Å². The lowest BCUT2D eigenvalue weighted by atomic mass is 10.2. The van der Waals surface area contributed by atoms with Crippen molar-refractivity contribution in [1.82, 2.24) is 19.0 Å². The second-order valence-electron chi connectivity index (χ2n) is 6.44. The zero-order valence-corrected chi connectivity index (χ0v) is 17.0. The molecule has 7 nitrogen and oxygen atoms in total. The van der Waals surface area contributed by atoms with E-state index in [4.69, 9.17) is 16.6 Å². The molecule has 0 unspecified atom stereocenters. The maximum atomic E-state index is 12.5. The average Bonchev–Trinajstić information content (AvgIpc) is 3.40. The molecule has 2 heterocycles. The molecule has 0 aliphatic carbocycles. The van der Waals surface area contributed by atoms with Gasteiger partial charge in [-0.25, -0.2) is 4.98 Å². The molecule has 5 aromatic rings. The van der Waals surface area contributed by atoms with E-state index in [0.717, 1.165) is 33.9 Å². The third kappa shape index (κ3) is 3.63. The molecule has 5 rings (SSSR count). The number of hydrogen-bond acceptors (Lipinski definition) is 7. The molecular weight excluding hydrogens is 418 g/mol. The van der Waals surface area contributed by atoms with Crippen LogP contribution in [0.1, 0.15) is 10.4 Å². The van der Waals surface area contributed by atoms with Gasteiger partial charge in [-0.05, 0) is 60.7 Å². The molecule has 0 aliphatic heterocycles. The van der Waals surface area contributed by atoms with E-state index in [2.05, 4.69) is 24.4 Å². The molecule has 0 saturated carbocycles. The molecule has 0 aliphatic rings. The van der Waals surface area contributed by atoms with Gasteiger partial charge in [0.15, 0.2) is 10.7 Å². The molecule has 30 heavy (non-hydrogen) atoms. The number of nitrogens with one attached hydrogen (secondary N) is 2. The maximum absolute atomic E-state index is 12.5. The Kier molecular flexibility index (Phi) is 4.66. The molecule has 0 saturated heterocycles. The third-order valence-electron chi connectivity index (χ3n) is 4.40. The van der Waals surface area contributed by atoms with Crippen LogP contribution in [0.15, 0.2) is 71.1 Å². The van der Waals surface area contributed by atoms with Crippen LogP contribution in [0.25, 0.3) is 33.6 Å². The second-order valence-corrected chi connectivity index (χ2v) is 7.38. The molecule has 9 heteroatoms. The van der Waals surface area contributed by atoms with Gasteiger partial charge in [-0.3, -0.25) is 10.1 Å². The normalized spacial score (nSPS) is 10.9. The number of carbonyl (C=O) groups is 1. The van der Waals surface area contributed by atoms with Crippen LogP contribution in [0.3, 0.4) is 0 Å². The second kappa shape index (κ2) is 7.62. The van der Waals surface area contributed by atoms with E-state index in [1.165, 1.54) is 0 Å². The summed E-state index contributed by atoms with van der Waals surface area (Å²) in [5.74, 6) is 0.192. The Balaban J connectivity index is 1.31. The van der Waals surface area contributed by atoms with E-state index < -0.39 is 0 Å². The molecule has 146 valence electrons.